The first-order valence-corrected chi connectivity index (χ1v) is 4.29. The van der Waals surface area contributed by atoms with E-state index in [0.29, 0.717) is 19.6 Å². The van der Waals surface area contributed by atoms with E-state index < -0.39 is 0 Å². The second-order valence-corrected chi connectivity index (χ2v) is 2.70. The van der Waals surface area contributed by atoms with E-state index in [1.54, 1.807) is 0 Å². The molecule has 0 aliphatic heterocycles. The highest BCUT2D eigenvalue weighted by molar-refractivity contribution is 4.65. The molecule has 6 N–H and O–H groups in total. The quantitative estimate of drug-likeness (QED) is 0.222. The first-order chi connectivity index (χ1) is 6.35. The molecule has 0 spiro atoms. The van der Waals surface area contributed by atoms with E-state index in [-0.39, 0.29) is 26.1 Å². The van der Waals surface area contributed by atoms with Gasteiger partial charge in [-0.3, -0.25) is 16.0 Å². The average Bonchev–Trinajstić information content (AvgIpc) is 2.17. The summed E-state index contributed by atoms with van der Waals surface area (Å²) >= 11 is 0. The van der Waals surface area contributed by atoms with Crippen LogP contribution in [0.2, 0.25) is 0 Å². The minimum atomic E-state index is -0.0608. The maximum absolute atomic E-state index is 8.52. The van der Waals surface area contributed by atoms with Crippen LogP contribution in [0.4, 0.5) is 0 Å². The van der Waals surface area contributed by atoms with Gasteiger partial charge >= 0.3 is 0 Å². The van der Waals surface area contributed by atoms with Crippen molar-refractivity contribution in [3.8, 4) is 0 Å². The molecule has 0 saturated heterocycles. The Bertz CT molecular complexity index is 86.0. The highest BCUT2D eigenvalue weighted by Crippen LogP contribution is 1.89. The number of hydrogen-bond acceptors (Lipinski definition) is 6. The molecule has 0 bridgehead atoms. The summed E-state index contributed by atoms with van der Waals surface area (Å²) in [6.07, 6.45) is 0. The van der Waals surface area contributed by atoms with Gasteiger partial charge in [0, 0.05) is 19.6 Å². The Morgan fingerprint density at radius 2 is 1.00 bits per heavy atom. The highest BCUT2D eigenvalue weighted by atomic mass is 16.3. The lowest BCUT2D eigenvalue weighted by Crippen LogP contribution is -2.38. The van der Waals surface area contributed by atoms with Crippen LogP contribution in [-0.4, -0.2) is 55.1 Å². The van der Waals surface area contributed by atoms with Gasteiger partial charge in [-0.1, -0.05) is 0 Å². The van der Waals surface area contributed by atoms with Crippen LogP contribution in [0.15, 0.2) is 0 Å². The van der Waals surface area contributed by atoms with E-state index >= 15 is 0 Å². The molecule has 0 fully saturated rings. The summed E-state index contributed by atoms with van der Waals surface area (Å²) in [6.45, 7) is 1.72. The summed E-state index contributed by atoms with van der Waals surface area (Å²) < 4.78 is 0. The van der Waals surface area contributed by atoms with Gasteiger partial charge in [0.2, 0.25) is 0 Å². The Morgan fingerprint density at radius 3 is 1.23 bits per heavy atom. The van der Waals surface area contributed by atoms with Crippen molar-refractivity contribution in [3.05, 3.63) is 0 Å². The Balaban J connectivity index is 3.47. The Morgan fingerprint density at radius 1 is 0.692 bits per heavy atom. The van der Waals surface area contributed by atoms with Gasteiger partial charge in [0.25, 0.3) is 0 Å². The van der Waals surface area contributed by atoms with Crippen molar-refractivity contribution in [2.24, 2.45) is 5.92 Å². The fourth-order valence-corrected chi connectivity index (χ4v) is 1.02. The van der Waals surface area contributed by atoms with Gasteiger partial charge in [-0.15, -0.1) is 0 Å². The first-order valence-electron chi connectivity index (χ1n) is 4.29. The van der Waals surface area contributed by atoms with Gasteiger partial charge in [0.05, 0.1) is 20.2 Å². The summed E-state index contributed by atoms with van der Waals surface area (Å²) in [5.74, 6) is 0.228. The smallest absolute Gasteiger partial charge is 0.0931 e. The number of rotatable bonds is 9. The molecule has 0 heterocycles. The van der Waals surface area contributed by atoms with Crippen LogP contribution in [-0.2, 0) is 0 Å². The van der Waals surface area contributed by atoms with Crippen LogP contribution >= 0.6 is 0 Å². The van der Waals surface area contributed by atoms with Crippen LogP contribution in [0.5, 0.6) is 0 Å². The van der Waals surface area contributed by atoms with Crippen molar-refractivity contribution in [3.63, 3.8) is 0 Å². The third-order valence-corrected chi connectivity index (χ3v) is 1.63. The van der Waals surface area contributed by atoms with Crippen LogP contribution in [0.3, 0.4) is 0 Å². The zero-order valence-electron chi connectivity index (χ0n) is 7.66. The molecular weight excluding hydrogens is 174 g/mol. The summed E-state index contributed by atoms with van der Waals surface area (Å²) in [5.41, 5.74) is 0. The lowest BCUT2D eigenvalue weighted by atomic mass is 10.1. The van der Waals surface area contributed by atoms with E-state index in [0.717, 1.165) is 0 Å². The Labute approximate surface area is 78.0 Å². The molecule has 0 rings (SSSR count). The predicted molar refractivity (Wildman–Crippen MR) is 48.8 cm³/mol. The molecule has 0 aliphatic rings. The van der Waals surface area contributed by atoms with Crippen molar-refractivity contribution in [1.82, 2.24) is 16.0 Å². The average molecular weight is 193 g/mol. The summed E-state index contributed by atoms with van der Waals surface area (Å²) in [7, 11) is 0. The molecule has 0 amide bonds. The van der Waals surface area contributed by atoms with Crippen molar-refractivity contribution >= 4 is 0 Å². The Hall–Kier alpha value is -0.240. The SMILES string of the molecule is OCNCC(CNCO)CNCO. The first kappa shape index (κ1) is 12.8. The van der Waals surface area contributed by atoms with Gasteiger partial charge in [0.1, 0.15) is 0 Å². The molecule has 0 unspecified atom stereocenters. The fraction of sp³-hybridized carbons (Fsp3) is 1.00. The highest BCUT2D eigenvalue weighted by Gasteiger charge is 2.06. The van der Waals surface area contributed by atoms with Gasteiger partial charge in [-0.25, -0.2) is 0 Å². The topological polar surface area (TPSA) is 96.8 Å². The molecular formula is C7H19N3O3. The summed E-state index contributed by atoms with van der Waals surface area (Å²) in [4.78, 5) is 0. The van der Waals surface area contributed by atoms with Crippen molar-refractivity contribution in [2.75, 3.05) is 39.8 Å². The van der Waals surface area contributed by atoms with Crippen LogP contribution < -0.4 is 16.0 Å². The fourth-order valence-electron chi connectivity index (χ4n) is 1.02. The molecule has 6 heteroatoms. The third kappa shape index (κ3) is 8.10. The molecule has 0 saturated carbocycles. The van der Waals surface area contributed by atoms with Crippen molar-refractivity contribution in [2.45, 2.75) is 0 Å². The lowest BCUT2D eigenvalue weighted by Gasteiger charge is -2.16. The Kier molecular flexibility index (Phi) is 9.66. The molecule has 6 nitrogen and oxygen atoms in total. The van der Waals surface area contributed by atoms with Gasteiger partial charge in [-0.05, 0) is 5.92 Å². The molecule has 0 radical (unpaired) electrons. The second-order valence-electron chi connectivity index (χ2n) is 2.70. The maximum Gasteiger partial charge on any atom is 0.0931 e. The number of aliphatic hydroxyl groups is 3. The largest absolute Gasteiger partial charge is 0.381 e. The number of nitrogens with one attached hydrogen (secondary N) is 3. The predicted octanol–water partition coefficient (Wildman–Crippen LogP) is -2.78. The number of aliphatic hydroxyl groups excluding tert-OH is 3. The van der Waals surface area contributed by atoms with E-state index in [9.17, 15) is 0 Å². The maximum atomic E-state index is 8.52. The van der Waals surface area contributed by atoms with Gasteiger partial charge in [0.15, 0.2) is 0 Å². The number of hydrogen-bond donors (Lipinski definition) is 6. The molecule has 80 valence electrons. The van der Waals surface area contributed by atoms with E-state index in [1.165, 1.54) is 0 Å². The van der Waals surface area contributed by atoms with E-state index in [1.807, 2.05) is 0 Å². The van der Waals surface area contributed by atoms with Crippen molar-refractivity contribution < 1.29 is 15.3 Å². The summed E-state index contributed by atoms with van der Waals surface area (Å²) in [5, 5.41) is 33.9. The lowest BCUT2D eigenvalue weighted by molar-refractivity contribution is 0.216. The van der Waals surface area contributed by atoms with Gasteiger partial charge < -0.3 is 15.3 Å². The minimum absolute atomic E-state index is 0.0608. The molecule has 0 aromatic carbocycles. The second kappa shape index (κ2) is 9.85. The van der Waals surface area contributed by atoms with Gasteiger partial charge in [-0.2, -0.15) is 0 Å². The standard InChI is InChI=1S/C7H19N3O3/c11-4-8-1-7(2-9-5-12)3-10-6-13/h7-13H,1-6H2. The van der Waals surface area contributed by atoms with Crippen LogP contribution in [0.1, 0.15) is 0 Å². The molecule has 13 heavy (non-hydrogen) atoms. The zero-order chi connectivity index (χ0) is 9.94. The van der Waals surface area contributed by atoms with E-state index in [2.05, 4.69) is 16.0 Å². The zero-order valence-corrected chi connectivity index (χ0v) is 7.66. The minimum Gasteiger partial charge on any atom is -0.381 e. The monoisotopic (exact) mass is 193 g/mol. The third-order valence-electron chi connectivity index (χ3n) is 1.63. The normalized spacial score (nSPS) is 11.1. The van der Waals surface area contributed by atoms with Crippen LogP contribution in [0.25, 0.3) is 0 Å². The van der Waals surface area contributed by atoms with Crippen LogP contribution in [0, 0.1) is 5.92 Å². The molecule has 0 aliphatic carbocycles. The van der Waals surface area contributed by atoms with Crippen molar-refractivity contribution in [1.29, 1.82) is 0 Å². The van der Waals surface area contributed by atoms with E-state index in [4.69, 9.17) is 15.3 Å². The summed E-state index contributed by atoms with van der Waals surface area (Å²) in [6, 6.07) is 0. The molecule has 0 aromatic rings. The molecule has 0 aromatic heterocycles. The molecule has 0 atom stereocenters.